The van der Waals surface area contributed by atoms with Crippen LogP contribution in [0.5, 0.6) is 5.75 Å². The van der Waals surface area contributed by atoms with Crippen molar-refractivity contribution in [2.75, 3.05) is 6.54 Å². The third-order valence-electron chi connectivity index (χ3n) is 2.84. The molecule has 0 aliphatic heterocycles. The number of rotatable bonds is 5. The van der Waals surface area contributed by atoms with E-state index in [-0.39, 0.29) is 18.9 Å². The van der Waals surface area contributed by atoms with Gasteiger partial charge in [0.05, 0.1) is 11.7 Å². The van der Waals surface area contributed by atoms with Gasteiger partial charge < -0.3 is 20.6 Å². The highest BCUT2D eigenvalue weighted by molar-refractivity contribution is 5.72. The molecular weight excluding hydrogens is 291 g/mol. The molecule has 8 heteroatoms. The van der Waals surface area contributed by atoms with E-state index in [1.54, 1.807) is 0 Å². The molecule has 4 N–H and O–H groups in total. The summed E-state index contributed by atoms with van der Waals surface area (Å²) in [6, 6.07) is 2.39. The molecule has 21 heavy (non-hydrogen) atoms. The SMILES string of the molecule is CC(=O)NCCC(O)C(O)c1ccc(O)cc1C(F)(F)F. The third-order valence-corrected chi connectivity index (χ3v) is 2.84. The van der Waals surface area contributed by atoms with Crippen LogP contribution in [0.15, 0.2) is 18.2 Å². The molecule has 0 aromatic heterocycles. The van der Waals surface area contributed by atoms with Gasteiger partial charge in [-0.15, -0.1) is 0 Å². The van der Waals surface area contributed by atoms with Crippen LogP contribution in [0.2, 0.25) is 0 Å². The van der Waals surface area contributed by atoms with Crippen LogP contribution < -0.4 is 5.32 Å². The molecule has 0 aliphatic carbocycles. The maximum absolute atomic E-state index is 12.8. The summed E-state index contributed by atoms with van der Waals surface area (Å²) in [5.74, 6) is -0.941. The Morgan fingerprint density at radius 1 is 1.33 bits per heavy atom. The summed E-state index contributed by atoms with van der Waals surface area (Å²) in [6.07, 6.45) is -8.15. The van der Waals surface area contributed by atoms with Crippen LogP contribution >= 0.6 is 0 Å². The molecule has 0 fully saturated rings. The number of alkyl halides is 3. The Kier molecular flexibility index (Phi) is 5.56. The molecule has 0 radical (unpaired) electrons. The molecule has 0 heterocycles. The number of phenolic OH excluding ortho intramolecular Hbond substituents is 1. The van der Waals surface area contributed by atoms with Gasteiger partial charge in [0.2, 0.25) is 5.91 Å². The lowest BCUT2D eigenvalue weighted by molar-refractivity contribution is -0.140. The molecule has 0 saturated heterocycles. The van der Waals surface area contributed by atoms with Crippen LogP contribution in [0, 0.1) is 0 Å². The topological polar surface area (TPSA) is 89.8 Å². The Hall–Kier alpha value is -1.80. The second-order valence-corrected chi connectivity index (χ2v) is 4.55. The van der Waals surface area contributed by atoms with Gasteiger partial charge in [-0.05, 0) is 24.1 Å². The molecule has 1 aromatic carbocycles. The van der Waals surface area contributed by atoms with Crippen LogP contribution in [0.3, 0.4) is 0 Å². The van der Waals surface area contributed by atoms with Crippen LogP contribution in [0.4, 0.5) is 13.2 Å². The van der Waals surface area contributed by atoms with Gasteiger partial charge in [-0.2, -0.15) is 13.2 Å². The van der Waals surface area contributed by atoms with E-state index in [1.165, 1.54) is 6.92 Å². The fourth-order valence-electron chi connectivity index (χ4n) is 1.81. The van der Waals surface area contributed by atoms with Crippen molar-refractivity contribution in [2.45, 2.75) is 31.7 Å². The fourth-order valence-corrected chi connectivity index (χ4v) is 1.81. The number of carbonyl (C=O) groups is 1. The van der Waals surface area contributed by atoms with E-state index in [2.05, 4.69) is 5.32 Å². The number of amides is 1. The molecular formula is C13H16F3NO4. The highest BCUT2D eigenvalue weighted by atomic mass is 19.4. The molecule has 5 nitrogen and oxygen atoms in total. The maximum Gasteiger partial charge on any atom is 0.416 e. The monoisotopic (exact) mass is 307 g/mol. The van der Waals surface area contributed by atoms with Gasteiger partial charge in [-0.3, -0.25) is 4.79 Å². The van der Waals surface area contributed by atoms with E-state index < -0.39 is 35.3 Å². The zero-order chi connectivity index (χ0) is 16.2. The predicted octanol–water partition coefficient (Wildman–Crippen LogP) is 1.33. The molecule has 1 rings (SSSR count). The first-order chi connectivity index (χ1) is 9.62. The van der Waals surface area contributed by atoms with Gasteiger partial charge in [0.1, 0.15) is 11.9 Å². The predicted molar refractivity (Wildman–Crippen MR) is 67.4 cm³/mol. The molecule has 2 atom stereocenters. The summed E-state index contributed by atoms with van der Waals surface area (Å²) >= 11 is 0. The summed E-state index contributed by atoms with van der Waals surface area (Å²) in [5.41, 5.74) is -1.75. The van der Waals surface area contributed by atoms with Crippen LogP contribution in [-0.2, 0) is 11.0 Å². The van der Waals surface area contributed by atoms with Gasteiger partial charge in [-0.25, -0.2) is 0 Å². The second kappa shape index (κ2) is 6.77. The summed E-state index contributed by atoms with van der Waals surface area (Å²) in [4.78, 5) is 10.7. The summed E-state index contributed by atoms with van der Waals surface area (Å²) < 4.78 is 38.5. The van der Waals surface area contributed by atoms with E-state index in [0.717, 1.165) is 12.1 Å². The van der Waals surface area contributed by atoms with Crippen molar-refractivity contribution < 1.29 is 33.3 Å². The number of aliphatic hydroxyl groups is 2. The maximum atomic E-state index is 12.8. The average Bonchev–Trinajstić information content (AvgIpc) is 2.36. The van der Waals surface area contributed by atoms with Crippen molar-refractivity contribution in [3.8, 4) is 5.75 Å². The quantitative estimate of drug-likeness (QED) is 0.661. The van der Waals surface area contributed by atoms with Gasteiger partial charge in [0.15, 0.2) is 0 Å². The minimum Gasteiger partial charge on any atom is -0.508 e. The van der Waals surface area contributed by atoms with Crippen molar-refractivity contribution >= 4 is 5.91 Å². The Morgan fingerprint density at radius 2 is 1.95 bits per heavy atom. The first kappa shape index (κ1) is 17.3. The van der Waals surface area contributed by atoms with Crippen molar-refractivity contribution in [1.82, 2.24) is 5.32 Å². The lowest BCUT2D eigenvalue weighted by Crippen LogP contribution is -2.28. The van der Waals surface area contributed by atoms with Gasteiger partial charge >= 0.3 is 6.18 Å². The Labute approximate surface area is 119 Å². The minimum absolute atomic E-state index is 0.0208. The molecule has 0 saturated carbocycles. The highest BCUT2D eigenvalue weighted by Crippen LogP contribution is 2.37. The molecule has 2 unspecified atom stereocenters. The molecule has 1 aromatic rings. The second-order valence-electron chi connectivity index (χ2n) is 4.55. The number of benzene rings is 1. The Balaban J connectivity index is 2.91. The number of aromatic hydroxyl groups is 1. The normalized spacial score (nSPS) is 14.6. The van der Waals surface area contributed by atoms with E-state index in [9.17, 15) is 28.2 Å². The molecule has 0 bridgehead atoms. The number of halogens is 3. The number of phenols is 1. The van der Waals surface area contributed by atoms with E-state index in [1.807, 2.05) is 0 Å². The summed E-state index contributed by atoms with van der Waals surface area (Å²) in [5, 5.41) is 31.1. The number of nitrogens with one attached hydrogen (secondary N) is 1. The van der Waals surface area contributed by atoms with Crippen molar-refractivity contribution in [3.63, 3.8) is 0 Å². The average molecular weight is 307 g/mol. The van der Waals surface area contributed by atoms with Gasteiger partial charge in [0, 0.05) is 13.5 Å². The third kappa shape index (κ3) is 4.91. The van der Waals surface area contributed by atoms with Crippen LogP contribution in [0.1, 0.15) is 30.6 Å². The largest absolute Gasteiger partial charge is 0.508 e. The number of hydrogen-bond donors (Lipinski definition) is 4. The zero-order valence-corrected chi connectivity index (χ0v) is 11.2. The minimum atomic E-state index is -4.77. The number of hydrogen-bond acceptors (Lipinski definition) is 4. The number of carbonyl (C=O) groups excluding carboxylic acids is 1. The molecule has 118 valence electrons. The first-order valence-electron chi connectivity index (χ1n) is 6.13. The summed E-state index contributed by atoms with van der Waals surface area (Å²) in [6.45, 7) is 1.28. The highest BCUT2D eigenvalue weighted by Gasteiger charge is 2.36. The van der Waals surface area contributed by atoms with Crippen molar-refractivity contribution in [1.29, 1.82) is 0 Å². The first-order valence-corrected chi connectivity index (χ1v) is 6.13. The van der Waals surface area contributed by atoms with E-state index in [0.29, 0.717) is 6.07 Å². The summed E-state index contributed by atoms with van der Waals surface area (Å²) in [7, 11) is 0. The lowest BCUT2D eigenvalue weighted by atomic mass is 9.96. The Morgan fingerprint density at radius 3 is 2.48 bits per heavy atom. The van der Waals surface area contributed by atoms with Crippen LogP contribution in [0.25, 0.3) is 0 Å². The standard InChI is InChI=1S/C13H16F3NO4/c1-7(18)17-5-4-11(20)12(21)9-3-2-8(19)6-10(9)13(14,15)16/h2-3,6,11-12,19-21H,4-5H2,1H3,(H,17,18). The van der Waals surface area contributed by atoms with Crippen molar-refractivity contribution in [3.05, 3.63) is 29.3 Å². The van der Waals surface area contributed by atoms with Gasteiger partial charge in [0.25, 0.3) is 0 Å². The smallest absolute Gasteiger partial charge is 0.416 e. The molecule has 1 amide bonds. The van der Waals surface area contributed by atoms with Gasteiger partial charge in [-0.1, -0.05) is 6.07 Å². The molecule has 0 spiro atoms. The lowest BCUT2D eigenvalue weighted by Gasteiger charge is -2.22. The Bertz CT molecular complexity index is 505. The van der Waals surface area contributed by atoms with E-state index in [4.69, 9.17) is 5.11 Å². The van der Waals surface area contributed by atoms with Crippen LogP contribution in [-0.4, -0.2) is 33.9 Å². The van der Waals surface area contributed by atoms with E-state index >= 15 is 0 Å². The fraction of sp³-hybridized carbons (Fsp3) is 0.462. The van der Waals surface area contributed by atoms with Crippen molar-refractivity contribution in [2.24, 2.45) is 0 Å². The number of aliphatic hydroxyl groups excluding tert-OH is 2. The zero-order valence-electron chi connectivity index (χ0n) is 11.2. The molecule has 0 aliphatic rings.